The van der Waals surface area contributed by atoms with E-state index in [1.807, 2.05) is 24.3 Å². The van der Waals surface area contributed by atoms with Gasteiger partial charge in [-0.3, -0.25) is 9.59 Å². The molecular weight excluding hydrogens is 895 g/mol. The SMILES string of the molecule is CC1(C)Cc2cc(C(F)(F)F)c(C(=O)O)cc2N(CCNC(=O)OCc2ccccc2)C1=O.COC(=O)c1cc2c(cc1C(F)(F)F)CC(C)(C)C(=O)N2CCNC(=O)OCc1ccccc1. The van der Waals surface area contributed by atoms with E-state index < -0.39 is 69.6 Å². The number of hydrogen-bond donors (Lipinski definition) is 3. The van der Waals surface area contributed by atoms with Gasteiger partial charge in [0.05, 0.1) is 29.4 Å². The molecule has 0 atom stereocenters. The third kappa shape index (κ3) is 12.6. The minimum absolute atomic E-state index is 0.0105. The normalized spacial score (nSPS) is 15.0. The number of amides is 4. The van der Waals surface area contributed by atoms with Crippen LogP contribution in [0.15, 0.2) is 84.9 Å². The number of aromatic carboxylic acids is 1. The van der Waals surface area contributed by atoms with Crippen molar-refractivity contribution < 1.29 is 74.4 Å². The van der Waals surface area contributed by atoms with Crippen LogP contribution in [0.25, 0.3) is 0 Å². The lowest BCUT2D eigenvalue weighted by molar-refractivity contribution is -0.139. The molecule has 14 nitrogen and oxygen atoms in total. The molecule has 6 rings (SSSR count). The lowest BCUT2D eigenvalue weighted by Gasteiger charge is -2.39. The summed E-state index contributed by atoms with van der Waals surface area (Å²) in [5.74, 6) is -3.62. The molecule has 0 radical (unpaired) electrons. The van der Waals surface area contributed by atoms with Crippen molar-refractivity contribution >= 4 is 47.3 Å². The van der Waals surface area contributed by atoms with Crippen LogP contribution in [-0.2, 0) is 62.2 Å². The summed E-state index contributed by atoms with van der Waals surface area (Å²) in [5.41, 5.74) is -3.64. The zero-order chi connectivity index (χ0) is 49.5. The Labute approximate surface area is 381 Å². The zero-order valence-electron chi connectivity index (χ0n) is 37.0. The van der Waals surface area contributed by atoms with E-state index in [4.69, 9.17) is 9.47 Å². The van der Waals surface area contributed by atoms with Crippen LogP contribution in [0, 0.1) is 10.8 Å². The monoisotopic (exact) mass is 942 g/mol. The third-order valence-electron chi connectivity index (χ3n) is 10.8. The lowest BCUT2D eigenvalue weighted by Crippen LogP contribution is -2.49. The van der Waals surface area contributed by atoms with Crippen molar-refractivity contribution in [2.45, 2.75) is 66.1 Å². The summed E-state index contributed by atoms with van der Waals surface area (Å²) >= 11 is 0. The molecule has 358 valence electrons. The molecule has 0 aliphatic carbocycles. The van der Waals surface area contributed by atoms with Crippen LogP contribution < -0.4 is 20.4 Å². The number of carboxylic acid groups (broad SMARTS) is 1. The fourth-order valence-corrected chi connectivity index (χ4v) is 7.56. The molecule has 2 aliphatic heterocycles. The minimum atomic E-state index is -4.86. The number of hydrogen-bond acceptors (Lipinski definition) is 9. The van der Waals surface area contributed by atoms with Crippen LogP contribution in [0.2, 0.25) is 0 Å². The highest BCUT2D eigenvalue weighted by molar-refractivity contribution is 6.03. The van der Waals surface area contributed by atoms with Crippen LogP contribution in [0.1, 0.15) is 81.8 Å². The van der Waals surface area contributed by atoms with Gasteiger partial charge in [0.25, 0.3) is 0 Å². The van der Waals surface area contributed by atoms with E-state index in [9.17, 15) is 60.2 Å². The van der Waals surface area contributed by atoms with Gasteiger partial charge in [-0.05, 0) is 59.4 Å². The summed E-state index contributed by atoms with van der Waals surface area (Å²) in [6.45, 7) is 6.43. The Bertz CT molecular complexity index is 2500. The summed E-state index contributed by atoms with van der Waals surface area (Å²) < 4.78 is 95.9. The van der Waals surface area contributed by atoms with Crippen molar-refractivity contribution in [2.75, 3.05) is 43.1 Å². The van der Waals surface area contributed by atoms with E-state index in [2.05, 4.69) is 15.4 Å². The molecule has 0 unspecified atom stereocenters. The minimum Gasteiger partial charge on any atom is -0.478 e. The number of carbonyl (C=O) groups excluding carboxylic acids is 5. The van der Waals surface area contributed by atoms with Crippen LogP contribution in [0.3, 0.4) is 0 Å². The molecule has 20 heteroatoms. The largest absolute Gasteiger partial charge is 0.478 e. The van der Waals surface area contributed by atoms with E-state index >= 15 is 0 Å². The number of alkyl carbamates (subject to hydrolysis) is 2. The lowest BCUT2D eigenvalue weighted by atomic mass is 9.79. The van der Waals surface area contributed by atoms with Crippen LogP contribution >= 0.6 is 0 Å². The highest BCUT2D eigenvalue weighted by atomic mass is 19.4. The van der Waals surface area contributed by atoms with Gasteiger partial charge in [0, 0.05) is 48.4 Å². The Morgan fingerprint density at radius 1 is 0.627 bits per heavy atom. The Morgan fingerprint density at radius 2 is 1.00 bits per heavy atom. The Kier molecular flexibility index (Phi) is 15.6. The molecule has 2 aliphatic rings. The van der Waals surface area contributed by atoms with Gasteiger partial charge < -0.3 is 39.8 Å². The number of carbonyl (C=O) groups is 6. The van der Waals surface area contributed by atoms with Crippen molar-refractivity contribution in [3.63, 3.8) is 0 Å². The topological polar surface area (TPSA) is 181 Å². The zero-order valence-corrected chi connectivity index (χ0v) is 37.0. The highest BCUT2D eigenvalue weighted by Crippen LogP contribution is 2.44. The Morgan fingerprint density at radius 3 is 1.36 bits per heavy atom. The van der Waals surface area contributed by atoms with Crippen LogP contribution in [-0.4, -0.2) is 74.3 Å². The number of benzene rings is 4. The molecule has 0 fully saturated rings. The molecule has 0 bridgehead atoms. The number of halogens is 6. The van der Waals surface area contributed by atoms with Gasteiger partial charge in [-0.25, -0.2) is 19.2 Å². The number of alkyl halides is 6. The summed E-state index contributed by atoms with van der Waals surface area (Å²) in [6.07, 6.45) is -11.0. The number of esters is 1. The van der Waals surface area contributed by atoms with Crippen molar-refractivity contribution in [3.05, 3.63) is 129 Å². The smallest absolute Gasteiger partial charge is 0.417 e. The first-order valence-corrected chi connectivity index (χ1v) is 20.7. The van der Waals surface area contributed by atoms with E-state index in [1.165, 1.54) is 9.80 Å². The second kappa shape index (κ2) is 20.6. The average molecular weight is 943 g/mol. The first-order chi connectivity index (χ1) is 31.3. The van der Waals surface area contributed by atoms with Gasteiger partial charge >= 0.3 is 36.5 Å². The van der Waals surface area contributed by atoms with Crippen molar-refractivity contribution in [2.24, 2.45) is 10.8 Å². The fraction of sp³-hybridized carbons (Fsp3) is 0.362. The number of nitrogens with one attached hydrogen (secondary N) is 2. The van der Waals surface area contributed by atoms with Gasteiger partial charge in [0.15, 0.2) is 0 Å². The number of rotatable bonds is 12. The number of ether oxygens (including phenoxy) is 3. The second-order valence-corrected chi connectivity index (χ2v) is 16.9. The van der Waals surface area contributed by atoms with Crippen LogP contribution in [0.5, 0.6) is 0 Å². The maximum absolute atomic E-state index is 13.6. The summed E-state index contributed by atoms with van der Waals surface area (Å²) in [4.78, 5) is 76.1. The van der Waals surface area contributed by atoms with Gasteiger partial charge in [-0.1, -0.05) is 88.4 Å². The summed E-state index contributed by atoms with van der Waals surface area (Å²) in [6, 6.07) is 21.6. The predicted molar refractivity (Wildman–Crippen MR) is 230 cm³/mol. The van der Waals surface area contributed by atoms with Crippen molar-refractivity contribution in [1.29, 1.82) is 0 Å². The molecule has 67 heavy (non-hydrogen) atoms. The molecule has 4 amide bonds. The Hall–Kier alpha value is -7.12. The number of anilines is 2. The number of carboxylic acids is 1. The fourth-order valence-electron chi connectivity index (χ4n) is 7.56. The molecule has 0 saturated carbocycles. The molecular formula is C47H48F6N4O10. The van der Waals surface area contributed by atoms with Gasteiger partial charge in [-0.2, -0.15) is 26.3 Å². The second-order valence-electron chi connectivity index (χ2n) is 16.9. The molecule has 4 aromatic carbocycles. The molecule has 3 N–H and O–H groups in total. The summed E-state index contributed by atoms with van der Waals surface area (Å²) in [7, 11) is 0.985. The van der Waals surface area contributed by atoms with E-state index in [0.29, 0.717) is 0 Å². The van der Waals surface area contributed by atoms with Gasteiger partial charge in [0.2, 0.25) is 11.8 Å². The number of fused-ring (bicyclic) bond motifs is 2. The quantitative estimate of drug-likeness (QED) is 0.0707. The standard InChI is InChI=1S/C24H25F3N2O5.C23H23F3N2O5/c1-23(2)13-16-11-18(24(25,26)27)17(20(30)33-3)12-19(16)29(21(23)31)10-9-28-22(32)34-14-15-7-5-4-6-8-15;1-22(2)12-15-10-17(23(24,25)26)16(19(29)30)11-18(15)28(20(22)31)9-8-27-21(32)33-13-14-6-4-3-5-7-14/h4-8,11-12H,9-10,13-14H2,1-3H3,(H,28,32);3-7,10-11H,8-9,12-13H2,1-2H3,(H,27,32)(H,29,30). The Balaban J connectivity index is 0.000000251. The van der Waals surface area contributed by atoms with Crippen molar-refractivity contribution in [1.82, 2.24) is 10.6 Å². The number of nitrogens with zero attached hydrogens (tertiary/aromatic N) is 2. The van der Waals surface area contributed by atoms with E-state index in [1.54, 1.807) is 64.1 Å². The maximum Gasteiger partial charge on any atom is 0.417 e. The number of methoxy groups -OCH3 is 1. The first kappa shape index (κ1) is 50.9. The predicted octanol–water partition coefficient (Wildman–Crippen LogP) is 8.58. The van der Waals surface area contributed by atoms with Gasteiger partial charge in [0.1, 0.15) is 13.2 Å². The summed E-state index contributed by atoms with van der Waals surface area (Å²) in [5, 5.41) is 14.3. The van der Waals surface area contributed by atoms with E-state index in [-0.39, 0.29) is 86.6 Å². The maximum atomic E-state index is 13.6. The molecule has 0 saturated heterocycles. The van der Waals surface area contributed by atoms with Crippen LogP contribution in [0.4, 0.5) is 47.3 Å². The first-order valence-electron chi connectivity index (χ1n) is 20.7. The van der Waals surface area contributed by atoms with Crippen molar-refractivity contribution in [3.8, 4) is 0 Å². The molecule has 4 aromatic rings. The highest BCUT2D eigenvalue weighted by Gasteiger charge is 2.44. The van der Waals surface area contributed by atoms with E-state index in [0.717, 1.165) is 42.5 Å². The molecule has 0 aromatic heterocycles. The third-order valence-corrected chi connectivity index (χ3v) is 10.8. The molecule has 0 spiro atoms. The van der Waals surface area contributed by atoms with Gasteiger partial charge in [-0.15, -0.1) is 0 Å². The molecule has 2 heterocycles. The average Bonchev–Trinajstić information content (AvgIpc) is 3.26.